The number of carbonyl (C=O) groups is 1. The van der Waals surface area contributed by atoms with Crippen molar-refractivity contribution in [3.05, 3.63) is 75.8 Å². The normalized spacial score (nSPS) is 12.8. The number of rotatable bonds is 3. The average Bonchev–Trinajstić information content (AvgIpc) is 2.62. The van der Waals surface area contributed by atoms with E-state index in [4.69, 9.17) is 11.6 Å². The Hall–Kier alpha value is -2.52. The van der Waals surface area contributed by atoms with Crippen LogP contribution in [0.5, 0.6) is 5.75 Å². The zero-order chi connectivity index (χ0) is 20.6. The van der Waals surface area contributed by atoms with Crippen molar-refractivity contribution in [1.29, 1.82) is 0 Å². The van der Waals surface area contributed by atoms with Gasteiger partial charge in [-0.25, -0.2) is 0 Å². The van der Waals surface area contributed by atoms with Crippen LogP contribution in [0.4, 0.5) is 0 Å². The second-order valence-corrected chi connectivity index (χ2v) is 8.79. The first-order chi connectivity index (χ1) is 13.1. The van der Waals surface area contributed by atoms with Gasteiger partial charge in [0.2, 0.25) is 0 Å². The molecule has 2 N–H and O–H groups in total. The molecule has 0 aliphatic carbocycles. The number of halogens is 1. The van der Waals surface area contributed by atoms with Crippen LogP contribution in [0.2, 0.25) is 5.02 Å². The van der Waals surface area contributed by atoms with Crippen LogP contribution >= 0.6 is 11.6 Å². The number of aromatic hydroxyl groups is 1. The predicted molar refractivity (Wildman–Crippen MR) is 116 cm³/mol. The second-order valence-electron chi connectivity index (χ2n) is 8.38. The zero-order valence-electron chi connectivity index (χ0n) is 16.9. The highest BCUT2D eigenvalue weighted by Gasteiger charge is 2.17. The van der Waals surface area contributed by atoms with E-state index in [0.717, 1.165) is 21.9 Å². The standard InChI is InChI=1S/C24H26ClNO2/c1-14-10-20(21(25)13-22(14)27)15(2)26-23(28)18-7-6-17-12-19(24(3,4)5)9-8-16(17)11-18/h6-13,15,27H,1-5H3,(H,26,28)/t15-/m1/s1. The summed E-state index contributed by atoms with van der Waals surface area (Å²) in [5, 5.41) is 15.3. The maximum absolute atomic E-state index is 12.8. The van der Waals surface area contributed by atoms with Crippen LogP contribution in [-0.2, 0) is 5.41 Å². The molecule has 1 amide bonds. The van der Waals surface area contributed by atoms with Crippen molar-refractivity contribution in [1.82, 2.24) is 5.32 Å². The SMILES string of the molecule is Cc1cc([C@@H](C)NC(=O)c2ccc3cc(C(C)(C)C)ccc3c2)c(Cl)cc1O. The van der Waals surface area contributed by atoms with Gasteiger partial charge in [0.05, 0.1) is 6.04 Å². The Balaban J connectivity index is 1.84. The lowest BCUT2D eigenvalue weighted by Gasteiger charge is -2.20. The highest BCUT2D eigenvalue weighted by Crippen LogP contribution is 2.30. The summed E-state index contributed by atoms with van der Waals surface area (Å²) in [6, 6.07) is 15.1. The summed E-state index contributed by atoms with van der Waals surface area (Å²) in [6.07, 6.45) is 0. The molecule has 3 nitrogen and oxygen atoms in total. The summed E-state index contributed by atoms with van der Waals surface area (Å²) in [7, 11) is 0. The highest BCUT2D eigenvalue weighted by atomic mass is 35.5. The van der Waals surface area contributed by atoms with Crippen molar-refractivity contribution in [2.75, 3.05) is 0 Å². The summed E-state index contributed by atoms with van der Waals surface area (Å²) in [4.78, 5) is 12.8. The Morgan fingerprint density at radius 2 is 1.68 bits per heavy atom. The van der Waals surface area contributed by atoms with E-state index >= 15 is 0 Å². The molecule has 0 fully saturated rings. The third kappa shape index (κ3) is 4.15. The van der Waals surface area contributed by atoms with Gasteiger partial charge in [-0.2, -0.15) is 0 Å². The van der Waals surface area contributed by atoms with Gasteiger partial charge >= 0.3 is 0 Å². The second kappa shape index (κ2) is 7.48. The lowest BCUT2D eigenvalue weighted by atomic mass is 9.86. The van der Waals surface area contributed by atoms with Crippen LogP contribution in [0.3, 0.4) is 0 Å². The van der Waals surface area contributed by atoms with Gasteiger partial charge in [0.15, 0.2) is 0 Å². The number of fused-ring (bicyclic) bond motifs is 1. The minimum atomic E-state index is -0.279. The molecule has 3 aromatic rings. The summed E-state index contributed by atoms with van der Waals surface area (Å²) < 4.78 is 0. The van der Waals surface area contributed by atoms with Crippen LogP contribution in [0.15, 0.2) is 48.5 Å². The number of phenolic OH excluding ortho intramolecular Hbond substituents is 1. The van der Waals surface area contributed by atoms with Crippen LogP contribution in [0.1, 0.15) is 60.8 Å². The molecule has 0 unspecified atom stereocenters. The monoisotopic (exact) mass is 395 g/mol. The van der Waals surface area contributed by atoms with Crippen molar-refractivity contribution in [3.63, 3.8) is 0 Å². The first kappa shape index (κ1) is 20.2. The Bertz CT molecular complexity index is 1050. The van der Waals surface area contributed by atoms with Gasteiger partial charge in [-0.05, 0) is 71.0 Å². The fourth-order valence-corrected chi connectivity index (χ4v) is 3.56. The third-order valence-corrected chi connectivity index (χ3v) is 5.43. The largest absolute Gasteiger partial charge is 0.508 e. The summed E-state index contributed by atoms with van der Waals surface area (Å²) >= 11 is 6.24. The van der Waals surface area contributed by atoms with E-state index in [1.54, 1.807) is 13.0 Å². The third-order valence-electron chi connectivity index (χ3n) is 5.10. The molecule has 0 aliphatic rings. The number of carbonyl (C=O) groups excluding carboxylic acids is 1. The van der Waals surface area contributed by atoms with Gasteiger partial charge in [-0.3, -0.25) is 4.79 Å². The molecular formula is C24H26ClNO2. The fraction of sp³-hybridized carbons (Fsp3) is 0.292. The molecule has 0 bridgehead atoms. The van der Waals surface area contributed by atoms with Gasteiger partial charge in [0.1, 0.15) is 5.75 Å². The predicted octanol–water partition coefficient (Wildman–Crippen LogP) is 6.30. The molecule has 3 rings (SSSR count). The maximum atomic E-state index is 12.8. The summed E-state index contributed by atoms with van der Waals surface area (Å²) in [6.45, 7) is 10.2. The molecule has 0 heterocycles. The van der Waals surface area contributed by atoms with Gasteiger partial charge in [0.25, 0.3) is 5.91 Å². The molecule has 4 heteroatoms. The van der Waals surface area contributed by atoms with Gasteiger partial charge in [-0.15, -0.1) is 0 Å². The number of nitrogens with one attached hydrogen (secondary N) is 1. The number of phenols is 1. The van der Waals surface area contributed by atoms with Gasteiger partial charge < -0.3 is 10.4 Å². The molecule has 28 heavy (non-hydrogen) atoms. The summed E-state index contributed by atoms with van der Waals surface area (Å²) in [5.41, 5.74) is 3.46. The number of benzene rings is 3. The van der Waals surface area contributed by atoms with Crippen molar-refractivity contribution in [2.24, 2.45) is 0 Å². The molecule has 0 aromatic heterocycles. The van der Waals surface area contributed by atoms with Crippen LogP contribution < -0.4 is 5.32 Å². The van der Waals surface area contributed by atoms with E-state index < -0.39 is 0 Å². The van der Waals surface area contributed by atoms with Crippen LogP contribution in [-0.4, -0.2) is 11.0 Å². The Labute approximate surface area is 171 Å². The van der Waals surface area contributed by atoms with E-state index in [1.165, 1.54) is 11.6 Å². The minimum absolute atomic E-state index is 0.0845. The number of hydrogen-bond acceptors (Lipinski definition) is 2. The molecule has 0 saturated carbocycles. The fourth-order valence-electron chi connectivity index (χ4n) is 3.24. The first-order valence-electron chi connectivity index (χ1n) is 9.40. The number of aryl methyl sites for hydroxylation is 1. The van der Waals surface area contributed by atoms with E-state index in [0.29, 0.717) is 10.6 Å². The van der Waals surface area contributed by atoms with E-state index in [1.807, 2.05) is 25.1 Å². The van der Waals surface area contributed by atoms with E-state index in [-0.39, 0.29) is 23.1 Å². The van der Waals surface area contributed by atoms with Crippen molar-refractivity contribution in [2.45, 2.75) is 46.1 Å². The van der Waals surface area contributed by atoms with Crippen molar-refractivity contribution in [3.8, 4) is 5.75 Å². The lowest BCUT2D eigenvalue weighted by Crippen LogP contribution is -2.26. The minimum Gasteiger partial charge on any atom is -0.508 e. The Kier molecular flexibility index (Phi) is 5.40. The van der Waals surface area contributed by atoms with Crippen LogP contribution in [0.25, 0.3) is 10.8 Å². The lowest BCUT2D eigenvalue weighted by molar-refractivity contribution is 0.0940. The molecule has 0 saturated heterocycles. The van der Waals surface area contributed by atoms with Crippen LogP contribution in [0, 0.1) is 6.92 Å². The molecule has 0 aliphatic heterocycles. The topological polar surface area (TPSA) is 49.3 Å². The average molecular weight is 396 g/mol. The molecule has 0 spiro atoms. The molecule has 1 atom stereocenters. The smallest absolute Gasteiger partial charge is 0.251 e. The molecular weight excluding hydrogens is 370 g/mol. The van der Waals surface area contributed by atoms with E-state index in [2.05, 4.69) is 44.3 Å². The van der Waals surface area contributed by atoms with Gasteiger partial charge in [-0.1, -0.05) is 56.6 Å². The number of hydrogen-bond donors (Lipinski definition) is 2. The quantitative estimate of drug-likeness (QED) is 0.547. The Morgan fingerprint density at radius 1 is 1.04 bits per heavy atom. The zero-order valence-corrected chi connectivity index (χ0v) is 17.7. The Morgan fingerprint density at radius 3 is 2.36 bits per heavy atom. The molecule has 0 radical (unpaired) electrons. The van der Waals surface area contributed by atoms with Crippen molar-refractivity contribution >= 4 is 28.3 Å². The van der Waals surface area contributed by atoms with E-state index in [9.17, 15) is 9.90 Å². The van der Waals surface area contributed by atoms with Crippen molar-refractivity contribution < 1.29 is 9.90 Å². The maximum Gasteiger partial charge on any atom is 0.251 e. The molecule has 146 valence electrons. The van der Waals surface area contributed by atoms with Gasteiger partial charge in [0, 0.05) is 10.6 Å². The highest BCUT2D eigenvalue weighted by molar-refractivity contribution is 6.31. The number of amides is 1. The first-order valence-corrected chi connectivity index (χ1v) is 9.78. The molecule has 3 aromatic carbocycles. The summed E-state index contributed by atoms with van der Waals surface area (Å²) in [5.74, 6) is -0.00692.